The molecule has 0 unspecified atom stereocenters. The lowest BCUT2D eigenvalue weighted by molar-refractivity contribution is -0.133. The first-order valence-electron chi connectivity index (χ1n) is 18.3. The molecule has 4 rings (SSSR count). The Morgan fingerprint density at radius 3 is 2.06 bits per heavy atom. The van der Waals surface area contributed by atoms with Gasteiger partial charge in [-0.1, -0.05) is 79.9 Å². The molecule has 1 saturated heterocycles. The molecule has 0 bridgehead atoms. The second-order valence-corrected chi connectivity index (χ2v) is 18.7. The van der Waals surface area contributed by atoms with Crippen molar-refractivity contribution in [3.8, 4) is 0 Å². The Morgan fingerprint density at radius 2 is 1.47 bits per heavy atom. The van der Waals surface area contributed by atoms with Gasteiger partial charge >= 0.3 is 0 Å². The number of piperidine rings is 1. The molecule has 0 spiro atoms. The number of aliphatic hydroxyl groups is 1. The van der Waals surface area contributed by atoms with Gasteiger partial charge in [0.05, 0.1) is 29.5 Å². The van der Waals surface area contributed by atoms with E-state index in [0.717, 1.165) is 43.1 Å². The first-order chi connectivity index (χ1) is 23.9. The molecule has 11 nitrogen and oxygen atoms in total. The van der Waals surface area contributed by atoms with E-state index in [2.05, 4.69) is 26.2 Å². The molecular weight excluding hydrogens is 667 g/mol. The number of nitrogens with zero attached hydrogens (tertiary/aromatic N) is 1. The monoisotopic (exact) mass is 725 g/mol. The first-order valence-corrected chi connectivity index (χ1v) is 20.2. The number of carbonyl (C=O) groups is 3. The van der Waals surface area contributed by atoms with Crippen LogP contribution in [0.25, 0.3) is 0 Å². The van der Waals surface area contributed by atoms with Crippen LogP contribution < -0.4 is 21.3 Å². The summed E-state index contributed by atoms with van der Waals surface area (Å²) in [6.07, 6.45) is 5.39. The van der Waals surface area contributed by atoms with Gasteiger partial charge in [0.1, 0.15) is 6.04 Å². The van der Waals surface area contributed by atoms with Crippen LogP contribution in [0.1, 0.15) is 77.8 Å². The van der Waals surface area contributed by atoms with Gasteiger partial charge < -0.3 is 26.4 Å². The van der Waals surface area contributed by atoms with Crippen molar-refractivity contribution < 1.29 is 27.9 Å². The molecule has 2 aromatic carbocycles. The number of benzene rings is 2. The molecule has 12 heteroatoms. The van der Waals surface area contributed by atoms with Crippen LogP contribution in [0.3, 0.4) is 0 Å². The van der Waals surface area contributed by atoms with E-state index >= 15 is 0 Å². The number of hydrogen-bond donors (Lipinski definition) is 5. The molecule has 1 heterocycles. The van der Waals surface area contributed by atoms with Crippen molar-refractivity contribution in [3.05, 3.63) is 71.8 Å². The van der Waals surface area contributed by atoms with E-state index in [1.807, 2.05) is 81.4 Å². The number of aliphatic hydroxyl groups excluding tert-OH is 1. The van der Waals surface area contributed by atoms with Crippen molar-refractivity contribution in [1.82, 2.24) is 26.2 Å². The Labute approximate surface area is 304 Å². The molecule has 0 radical (unpaired) electrons. The Hall–Kier alpha value is -3.32. The third kappa shape index (κ3) is 11.6. The van der Waals surface area contributed by atoms with E-state index in [4.69, 9.17) is 0 Å². The van der Waals surface area contributed by atoms with E-state index in [1.165, 1.54) is 13.8 Å². The third-order valence-corrected chi connectivity index (χ3v) is 12.6. The summed E-state index contributed by atoms with van der Waals surface area (Å²) in [5.41, 5.74) is 1.42. The highest BCUT2D eigenvalue weighted by molar-refractivity contribution is 7.92. The van der Waals surface area contributed by atoms with Crippen molar-refractivity contribution in [2.75, 3.05) is 25.9 Å². The number of rotatable bonds is 15. The summed E-state index contributed by atoms with van der Waals surface area (Å²) in [6, 6.07) is 16.2. The average molecular weight is 726 g/mol. The summed E-state index contributed by atoms with van der Waals surface area (Å²) in [4.78, 5) is 43.1. The molecule has 2 aliphatic rings. The van der Waals surface area contributed by atoms with Gasteiger partial charge in [0.25, 0.3) is 0 Å². The van der Waals surface area contributed by atoms with Gasteiger partial charge in [-0.3, -0.25) is 19.3 Å². The second kappa shape index (κ2) is 17.5. The number of nitrogens with one attached hydrogen (secondary N) is 4. The van der Waals surface area contributed by atoms with Crippen LogP contribution in [0.2, 0.25) is 0 Å². The van der Waals surface area contributed by atoms with Gasteiger partial charge in [0.15, 0.2) is 9.84 Å². The number of amides is 3. The highest BCUT2D eigenvalue weighted by Crippen LogP contribution is 2.39. The van der Waals surface area contributed by atoms with Crippen molar-refractivity contribution in [3.63, 3.8) is 0 Å². The predicted octanol–water partition coefficient (Wildman–Crippen LogP) is 2.97. The Balaban J connectivity index is 1.56. The second-order valence-electron chi connectivity index (χ2n) is 16.1. The zero-order valence-corrected chi connectivity index (χ0v) is 32.0. The van der Waals surface area contributed by atoms with Crippen LogP contribution >= 0.6 is 0 Å². The van der Waals surface area contributed by atoms with Crippen LogP contribution in [0.4, 0.5) is 0 Å². The quantitative estimate of drug-likeness (QED) is 0.188. The summed E-state index contributed by atoms with van der Waals surface area (Å²) >= 11 is 0. The minimum Gasteiger partial charge on any atom is -0.390 e. The van der Waals surface area contributed by atoms with Crippen molar-refractivity contribution in [1.29, 1.82) is 0 Å². The van der Waals surface area contributed by atoms with Gasteiger partial charge in [-0.25, -0.2) is 8.42 Å². The molecule has 0 aromatic heterocycles. The zero-order chi connectivity index (χ0) is 37.4. The highest BCUT2D eigenvalue weighted by atomic mass is 32.2. The van der Waals surface area contributed by atoms with Gasteiger partial charge in [0.2, 0.25) is 17.7 Å². The molecule has 5 N–H and O–H groups in total. The molecule has 6 atom stereocenters. The number of likely N-dealkylation sites (tertiary alicyclic amines) is 1. The maximum absolute atomic E-state index is 14.2. The fraction of sp³-hybridized carbons (Fsp3) is 0.615. The summed E-state index contributed by atoms with van der Waals surface area (Å²) in [5, 5.41) is 23.8. The number of sulfone groups is 1. The van der Waals surface area contributed by atoms with Gasteiger partial charge in [-0.2, -0.15) is 0 Å². The molecule has 51 heavy (non-hydrogen) atoms. The predicted molar refractivity (Wildman–Crippen MR) is 200 cm³/mol. The van der Waals surface area contributed by atoms with Crippen LogP contribution in [-0.2, 0) is 37.2 Å². The molecule has 1 saturated carbocycles. The molecule has 1 aliphatic heterocycles. The standard InChI is InChI=1S/C39H59N5O6S/c1-38(2,3)43-36(47)32-22-29-19-13-14-20-30(29)25-44(32)26-33(45)31(21-27-15-9-7-10-16-27)41-37(48)35(39(4,5)51(6,49)50)42-34(46)24-40-23-28-17-11-8-12-18-28/h7-12,15-18,29-33,35,40,45H,13-14,19-26H2,1-6H3,(H,41,48)(H,42,46)(H,43,47)/t29-,30+,31-,32-,33+,35+/m0/s1. The third-order valence-electron chi connectivity index (χ3n) is 10.5. The molecular formula is C39H59N5O6S. The number of fused-ring (bicyclic) bond motifs is 1. The molecule has 2 aromatic rings. The van der Waals surface area contributed by atoms with Crippen LogP contribution in [0.5, 0.6) is 0 Å². The van der Waals surface area contributed by atoms with E-state index in [9.17, 15) is 27.9 Å². The maximum Gasteiger partial charge on any atom is 0.244 e. The molecule has 282 valence electrons. The Bertz CT molecular complexity index is 1560. The summed E-state index contributed by atoms with van der Waals surface area (Å²) in [6.45, 7) is 9.78. The lowest BCUT2D eigenvalue weighted by atomic mass is 9.72. The summed E-state index contributed by atoms with van der Waals surface area (Å²) in [5.74, 6) is -0.438. The van der Waals surface area contributed by atoms with Gasteiger partial charge in [-0.05, 0) is 76.8 Å². The zero-order valence-electron chi connectivity index (χ0n) is 31.2. The molecule has 3 amide bonds. The van der Waals surface area contributed by atoms with E-state index in [0.29, 0.717) is 31.3 Å². The van der Waals surface area contributed by atoms with E-state index in [1.54, 1.807) is 0 Å². The van der Waals surface area contributed by atoms with E-state index in [-0.39, 0.29) is 25.4 Å². The first kappa shape index (κ1) is 40.5. The highest BCUT2D eigenvalue weighted by Gasteiger charge is 2.46. The summed E-state index contributed by atoms with van der Waals surface area (Å²) < 4.78 is 24.4. The summed E-state index contributed by atoms with van der Waals surface area (Å²) in [7, 11) is -3.85. The minimum atomic E-state index is -3.85. The number of hydrogen-bond acceptors (Lipinski definition) is 8. The fourth-order valence-corrected chi connectivity index (χ4v) is 7.90. The van der Waals surface area contributed by atoms with Crippen LogP contribution in [0.15, 0.2) is 60.7 Å². The van der Waals surface area contributed by atoms with E-state index < -0.39 is 56.2 Å². The lowest BCUT2D eigenvalue weighted by Gasteiger charge is -2.47. The van der Waals surface area contributed by atoms with Crippen molar-refractivity contribution in [2.24, 2.45) is 11.8 Å². The normalized spacial score (nSPS) is 21.8. The van der Waals surface area contributed by atoms with Gasteiger partial charge in [-0.15, -0.1) is 0 Å². The van der Waals surface area contributed by atoms with Gasteiger partial charge in [0, 0.05) is 31.4 Å². The number of β-amino-alcohol motifs (C(OH)–C–C–N with tert-alkyl or cyclic N) is 1. The molecule has 1 aliphatic carbocycles. The lowest BCUT2D eigenvalue weighted by Crippen LogP contribution is -2.64. The maximum atomic E-state index is 14.2. The Kier molecular flexibility index (Phi) is 13.9. The number of carbonyl (C=O) groups excluding carboxylic acids is 3. The van der Waals surface area contributed by atoms with Crippen molar-refractivity contribution in [2.45, 2.75) is 114 Å². The SMILES string of the molecule is CC(C)(C)NC(=O)[C@@H]1C[C@@H]2CCCC[C@@H]2CN1C[C@@H](O)[C@H](Cc1ccccc1)NC(=O)[C@@H](NC(=O)CNCc1ccccc1)C(C)(C)S(C)(=O)=O. The molecule has 2 fully saturated rings. The topological polar surface area (TPSA) is 157 Å². The van der Waals surface area contributed by atoms with Crippen LogP contribution in [-0.4, -0.2) is 96.6 Å². The minimum absolute atomic E-state index is 0.0686. The fourth-order valence-electron chi connectivity index (χ4n) is 7.31. The Morgan fingerprint density at radius 1 is 0.882 bits per heavy atom. The largest absolute Gasteiger partial charge is 0.390 e. The smallest absolute Gasteiger partial charge is 0.244 e. The van der Waals surface area contributed by atoms with Crippen LogP contribution in [0, 0.1) is 11.8 Å². The average Bonchev–Trinajstić information content (AvgIpc) is 3.06. The van der Waals surface area contributed by atoms with Crippen molar-refractivity contribution >= 4 is 27.6 Å².